The third-order valence-electron chi connectivity index (χ3n) is 4.15. The SMILES string of the molecule is COC(=O)c1ccc(C)c(NS(=O)(=O)c2ccc(OCCCC(=O)O)c(C)c2)c1. The van der Waals surface area contributed by atoms with Gasteiger partial charge in [0.1, 0.15) is 5.75 Å². The van der Waals surface area contributed by atoms with Gasteiger partial charge >= 0.3 is 11.9 Å². The summed E-state index contributed by atoms with van der Waals surface area (Å²) in [4.78, 5) is 22.3. The lowest BCUT2D eigenvalue weighted by molar-refractivity contribution is -0.137. The van der Waals surface area contributed by atoms with Gasteiger partial charge in [-0.25, -0.2) is 13.2 Å². The summed E-state index contributed by atoms with van der Waals surface area (Å²) in [5, 5.41) is 8.64. The number of carbonyl (C=O) groups excluding carboxylic acids is 1. The lowest BCUT2D eigenvalue weighted by atomic mass is 10.1. The standard InChI is InChI=1S/C20H23NO7S/c1-13-6-7-15(20(24)27-3)12-17(13)21-29(25,26)16-8-9-18(14(2)11-16)28-10-4-5-19(22)23/h6-9,11-12,21H,4-5,10H2,1-3H3,(H,22,23). The van der Waals surface area contributed by atoms with Crippen molar-refractivity contribution in [2.75, 3.05) is 18.4 Å². The van der Waals surface area contributed by atoms with Crippen molar-refractivity contribution in [1.29, 1.82) is 0 Å². The highest BCUT2D eigenvalue weighted by atomic mass is 32.2. The lowest BCUT2D eigenvalue weighted by Gasteiger charge is -2.14. The number of carbonyl (C=O) groups is 2. The van der Waals surface area contributed by atoms with E-state index in [2.05, 4.69) is 9.46 Å². The van der Waals surface area contributed by atoms with Crippen molar-refractivity contribution >= 4 is 27.6 Å². The number of ether oxygens (including phenoxy) is 2. The second-order valence-corrected chi connectivity index (χ2v) is 8.08. The van der Waals surface area contributed by atoms with Gasteiger partial charge in [0.15, 0.2) is 0 Å². The van der Waals surface area contributed by atoms with Crippen molar-refractivity contribution in [3.63, 3.8) is 0 Å². The monoisotopic (exact) mass is 421 g/mol. The summed E-state index contributed by atoms with van der Waals surface area (Å²) in [5.74, 6) is -0.978. The molecular weight excluding hydrogens is 398 g/mol. The highest BCUT2D eigenvalue weighted by Gasteiger charge is 2.18. The Labute approximate surface area is 169 Å². The number of rotatable bonds is 9. The maximum atomic E-state index is 12.8. The Morgan fingerprint density at radius 1 is 1.07 bits per heavy atom. The van der Waals surface area contributed by atoms with Crippen LogP contribution in [0.3, 0.4) is 0 Å². The summed E-state index contributed by atoms with van der Waals surface area (Å²) in [6, 6.07) is 9.01. The number of carboxylic acid groups (broad SMARTS) is 1. The number of nitrogens with one attached hydrogen (secondary N) is 1. The predicted molar refractivity (Wildman–Crippen MR) is 107 cm³/mol. The summed E-state index contributed by atoms with van der Waals surface area (Å²) in [5.41, 5.74) is 1.76. The molecule has 2 N–H and O–H groups in total. The zero-order chi connectivity index (χ0) is 21.6. The van der Waals surface area contributed by atoms with E-state index in [1.165, 1.54) is 31.4 Å². The molecular formula is C20H23NO7S. The summed E-state index contributed by atoms with van der Waals surface area (Å²) < 4.78 is 38.2. The zero-order valence-electron chi connectivity index (χ0n) is 16.4. The Morgan fingerprint density at radius 3 is 2.41 bits per heavy atom. The molecule has 0 fully saturated rings. The average Bonchev–Trinajstić information content (AvgIpc) is 2.66. The van der Waals surface area contributed by atoms with Crippen LogP contribution in [0.2, 0.25) is 0 Å². The Balaban J connectivity index is 2.18. The first kappa shape index (κ1) is 22.2. The number of carboxylic acids is 1. The van der Waals surface area contributed by atoms with Crippen LogP contribution in [0.25, 0.3) is 0 Å². The van der Waals surface area contributed by atoms with Crippen LogP contribution in [0.4, 0.5) is 5.69 Å². The van der Waals surface area contributed by atoms with Crippen LogP contribution in [0.15, 0.2) is 41.3 Å². The van der Waals surface area contributed by atoms with E-state index >= 15 is 0 Å². The molecule has 0 aliphatic heterocycles. The molecule has 0 unspecified atom stereocenters. The molecule has 29 heavy (non-hydrogen) atoms. The maximum Gasteiger partial charge on any atom is 0.337 e. The second-order valence-electron chi connectivity index (χ2n) is 6.40. The van der Waals surface area contributed by atoms with Gasteiger partial charge in [-0.2, -0.15) is 0 Å². The van der Waals surface area contributed by atoms with Gasteiger partial charge in [-0.3, -0.25) is 9.52 Å². The van der Waals surface area contributed by atoms with Gasteiger partial charge in [-0.05, 0) is 61.7 Å². The van der Waals surface area contributed by atoms with Crippen LogP contribution in [-0.4, -0.2) is 39.2 Å². The normalized spacial score (nSPS) is 11.0. The predicted octanol–water partition coefficient (Wildman–Crippen LogP) is 3.13. The first-order chi connectivity index (χ1) is 13.6. The van der Waals surface area contributed by atoms with Crippen molar-refractivity contribution in [3.8, 4) is 5.75 Å². The zero-order valence-corrected chi connectivity index (χ0v) is 17.2. The van der Waals surface area contributed by atoms with E-state index < -0.39 is 22.0 Å². The average molecular weight is 421 g/mol. The fourth-order valence-corrected chi connectivity index (χ4v) is 3.74. The molecule has 2 rings (SSSR count). The number of esters is 1. The minimum Gasteiger partial charge on any atom is -0.493 e. The lowest BCUT2D eigenvalue weighted by Crippen LogP contribution is -2.15. The molecule has 8 nitrogen and oxygen atoms in total. The largest absolute Gasteiger partial charge is 0.493 e. The van der Waals surface area contributed by atoms with Gasteiger partial charge in [0, 0.05) is 6.42 Å². The second kappa shape index (κ2) is 9.42. The highest BCUT2D eigenvalue weighted by Crippen LogP contribution is 2.25. The van der Waals surface area contributed by atoms with Gasteiger partial charge in [0.05, 0.1) is 29.9 Å². The van der Waals surface area contributed by atoms with E-state index in [4.69, 9.17) is 9.84 Å². The number of benzene rings is 2. The molecule has 9 heteroatoms. The number of hydrogen-bond acceptors (Lipinski definition) is 6. The molecule has 0 bridgehead atoms. The van der Waals surface area contributed by atoms with Crippen LogP contribution in [0.1, 0.15) is 34.3 Å². The Hall–Kier alpha value is -3.07. The smallest absolute Gasteiger partial charge is 0.337 e. The number of aryl methyl sites for hydroxylation is 2. The molecule has 0 atom stereocenters. The molecule has 0 heterocycles. The topological polar surface area (TPSA) is 119 Å². The molecule has 0 spiro atoms. The molecule has 0 aliphatic carbocycles. The Kier molecular flexibility index (Phi) is 7.22. The van der Waals surface area contributed by atoms with E-state index in [9.17, 15) is 18.0 Å². The Morgan fingerprint density at radius 2 is 1.79 bits per heavy atom. The van der Waals surface area contributed by atoms with Crippen molar-refractivity contribution in [1.82, 2.24) is 0 Å². The first-order valence-corrected chi connectivity index (χ1v) is 10.3. The van der Waals surface area contributed by atoms with Crippen molar-refractivity contribution < 1.29 is 32.6 Å². The molecule has 0 saturated heterocycles. The molecule has 2 aromatic carbocycles. The van der Waals surface area contributed by atoms with E-state index in [0.29, 0.717) is 23.3 Å². The number of sulfonamides is 1. The molecule has 156 valence electrons. The number of methoxy groups -OCH3 is 1. The van der Waals surface area contributed by atoms with Crippen LogP contribution in [-0.2, 0) is 19.6 Å². The van der Waals surface area contributed by atoms with Crippen molar-refractivity contribution in [2.24, 2.45) is 0 Å². The number of aliphatic carboxylic acids is 1. The van der Waals surface area contributed by atoms with Gasteiger partial charge in [-0.1, -0.05) is 6.07 Å². The fraction of sp³-hybridized carbons (Fsp3) is 0.300. The van der Waals surface area contributed by atoms with Crippen LogP contribution >= 0.6 is 0 Å². The van der Waals surface area contributed by atoms with Gasteiger partial charge in [0.25, 0.3) is 10.0 Å². The van der Waals surface area contributed by atoms with Gasteiger partial charge in [0.2, 0.25) is 0 Å². The highest BCUT2D eigenvalue weighted by molar-refractivity contribution is 7.92. The molecule has 0 saturated carbocycles. The number of hydrogen-bond donors (Lipinski definition) is 2. The van der Waals surface area contributed by atoms with Crippen LogP contribution in [0.5, 0.6) is 5.75 Å². The quantitative estimate of drug-likeness (QED) is 0.471. The van der Waals surface area contributed by atoms with Crippen molar-refractivity contribution in [2.45, 2.75) is 31.6 Å². The molecule has 0 amide bonds. The van der Waals surface area contributed by atoms with E-state index in [-0.39, 0.29) is 29.2 Å². The fourth-order valence-electron chi connectivity index (χ4n) is 2.54. The maximum absolute atomic E-state index is 12.8. The first-order valence-electron chi connectivity index (χ1n) is 8.81. The molecule has 2 aromatic rings. The van der Waals surface area contributed by atoms with Crippen LogP contribution in [0, 0.1) is 13.8 Å². The summed E-state index contributed by atoms with van der Waals surface area (Å²) >= 11 is 0. The Bertz CT molecular complexity index is 1020. The summed E-state index contributed by atoms with van der Waals surface area (Å²) in [7, 11) is -2.65. The number of anilines is 1. The molecule has 0 aliphatic rings. The third kappa shape index (κ3) is 5.95. The van der Waals surface area contributed by atoms with E-state index in [1.54, 1.807) is 26.0 Å². The third-order valence-corrected chi connectivity index (χ3v) is 5.52. The molecule has 0 radical (unpaired) electrons. The minimum absolute atomic E-state index is 0.000576. The van der Waals surface area contributed by atoms with Gasteiger partial charge < -0.3 is 14.6 Å². The minimum atomic E-state index is -3.90. The van der Waals surface area contributed by atoms with E-state index in [0.717, 1.165) is 0 Å². The van der Waals surface area contributed by atoms with Crippen molar-refractivity contribution in [3.05, 3.63) is 53.1 Å². The van der Waals surface area contributed by atoms with Gasteiger partial charge in [-0.15, -0.1) is 0 Å². The molecule has 0 aromatic heterocycles. The summed E-state index contributed by atoms with van der Waals surface area (Å²) in [6.45, 7) is 3.64. The summed E-state index contributed by atoms with van der Waals surface area (Å²) in [6.07, 6.45) is 0.353. The van der Waals surface area contributed by atoms with E-state index in [1.807, 2.05) is 0 Å². The van der Waals surface area contributed by atoms with Crippen LogP contribution < -0.4 is 9.46 Å².